The van der Waals surface area contributed by atoms with Gasteiger partial charge in [-0.25, -0.2) is 0 Å². The van der Waals surface area contributed by atoms with E-state index < -0.39 is 10.9 Å². The highest BCUT2D eigenvalue weighted by Gasteiger charge is 2.12. The zero-order valence-electron chi connectivity index (χ0n) is 14.3. The molecule has 0 saturated heterocycles. The Morgan fingerprint density at radius 1 is 0.385 bits per heavy atom. The standard InChI is InChI=1S/C24H20S2/c1-4-10-20(11-5-1)25-21-16-18-24(19-17-21)26(22-12-6-2-7-13-22)23-14-8-3-9-15-23/h1-19,26H. The first-order valence-electron chi connectivity index (χ1n) is 8.63. The molecule has 2 heteroatoms. The zero-order valence-corrected chi connectivity index (χ0v) is 16.0. The molecular formula is C24H20S2. The molecule has 0 unspecified atom stereocenters. The Labute approximate surface area is 162 Å². The fourth-order valence-corrected chi connectivity index (χ4v) is 6.01. The van der Waals surface area contributed by atoms with Crippen LogP contribution in [0.4, 0.5) is 0 Å². The third-order valence-corrected chi connectivity index (χ3v) is 7.56. The summed E-state index contributed by atoms with van der Waals surface area (Å²) in [6.45, 7) is 0. The molecule has 0 amide bonds. The van der Waals surface area contributed by atoms with Crippen molar-refractivity contribution in [1.29, 1.82) is 0 Å². The van der Waals surface area contributed by atoms with Crippen LogP contribution in [0.1, 0.15) is 0 Å². The van der Waals surface area contributed by atoms with Gasteiger partial charge < -0.3 is 0 Å². The molecule has 0 saturated carbocycles. The molecule has 0 bridgehead atoms. The number of thiol groups is 1. The van der Waals surface area contributed by atoms with Gasteiger partial charge in [-0.1, -0.05) is 66.4 Å². The second kappa shape index (κ2) is 8.31. The van der Waals surface area contributed by atoms with E-state index in [9.17, 15) is 0 Å². The van der Waals surface area contributed by atoms with E-state index in [0.29, 0.717) is 0 Å². The Morgan fingerprint density at radius 3 is 1.27 bits per heavy atom. The Morgan fingerprint density at radius 2 is 0.769 bits per heavy atom. The maximum Gasteiger partial charge on any atom is 0.0123 e. The summed E-state index contributed by atoms with van der Waals surface area (Å²) in [5.74, 6) is 0. The highest BCUT2D eigenvalue weighted by molar-refractivity contribution is 8.17. The Hall–Kier alpha value is -2.42. The lowest BCUT2D eigenvalue weighted by Crippen LogP contribution is -1.88. The molecule has 0 heterocycles. The van der Waals surface area contributed by atoms with Gasteiger partial charge in [0.1, 0.15) is 0 Å². The van der Waals surface area contributed by atoms with Crippen LogP contribution in [-0.4, -0.2) is 0 Å². The van der Waals surface area contributed by atoms with Gasteiger partial charge in [-0.3, -0.25) is 0 Å². The summed E-state index contributed by atoms with van der Waals surface area (Å²) in [6.07, 6.45) is 0. The van der Waals surface area contributed by atoms with Gasteiger partial charge in [-0.05, 0) is 75.4 Å². The minimum Gasteiger partial charge on any atom is -0.173 e. The lowest BCUT2D eigenvalue weighted by atomic mass is 10.3. The highest BCUT2D eigenvalue weighted by Crippen LogP contribution is 2.51. The molecule has 0 atom stereocenters. The lowest BCUT2D eigenvalue weighted by molar-refractivity contribution is 1.29. The molecule has 0 spiro atoms. The van der Waals surface area contributed by atoms with Crippen molar-refractivity contribution in [2.24, 2.45) is 0 Å². The molecule has 0 fully saturated rings. The van der Waals surface area contributed by atoms with Crippen molar-refractivity contribution in [3.05, 3.63) is 115 Å². The minimum absolute atomic E-state index is 0.527. The van der Waals surface area contributed by atoms with E-state index in [1.807, 2.05) is 0 Å². The normalized spacial score (nSPS) is 11.2. The smallest absolute Gasteiger partial charge is 0.0123 e. The van der Waals surface area contributed by atoms with E-state index in [1.165, 1.54) is 24.5 Å². The van der Waals surface area contributed by atoms with Crippen LogP contribution < -0.4 is 0 Å². The number of hydrogen-bond donors (Lipinski definition) is 1. The Kier molecular flexibility index (Phi) is 5.44. The average molecular weight is 373 g/mol. The molecule has 0 aliphatic heterocycles. The maximum atomic E-state index is 2.29. The summed E-state index contributed by atoms with van der Waals surface area (Å²) in [7, 11) is -0.527. The summed E-state index contributed by atoms with van der Waals surface area (Å²) < 4.78 is 0. The van der Waals surface area contributed by atoms with Crippen LogP contribution in [0.25, 0.3) is 0 Å². The third-order valence-electron chi connectivity index (χ3n) is 4.10. The van der Waals surface area contributed by atoms with Gasteiger partial charge in [-0.15, -0.1) is 0 Å². The van der Waals surface area contributed by atoms with E-state index in [0.717, 1.165) is 0 Å². The van der Waals surface area contributed by atoms with Crippen molar-refractivity contribution < 1.29 is 0 Å². The molecule has 0 aliphatic carbocycles. The molecule has 0 N–H and O–H groups in total. The quantitative estimate of drug-likeness (QED) is 0.358. The van der Waals surface area contributed by atoms with Crippen molar-refractivity contribution in [1.82, 2.24) is 0 Å². The first-order chi connectivity index (χ1) is 12.9. The van der Waals surface area contributed by atoms with Crippen molar-refractivity contribution in [2.75, 3.05) is 0 Å². The Balaban J connectivity index is 1.66. The topological polar surface area (TPSA) is 0 Å². The fourth-order valence-electron chi connectivity index (χ4n) is 2.89. The van der Waals surface area contributed by atoms with Crippen LogP contribution in [0.5, 0.6) is 0 Å². The van der Waals surface area contributed by atoms with Crippen molar-refractivity contribution in [3.8, 4) is 0 Å². The maximum absolute atomic E-state index is 2.29. The molecule has 0 aromatic heterocycles. The Bertz CT molecular complexity index is 894. The predicted molar refractivity (Wildman–Crippen MR) is 114 cm³/mol. The van der Waals surface area contributed by atoms with Gasteiger partial charge in [0.25, 0.3) is 0 Å². The van der Waals surface area contributed by atoms with Crippen LogP contribution in [0, 0.1) is 0 Å². The third kappa shape index (κ3) is 4.04. The van der Waals surface area contributed by atoms with E-state index in [1.54, 1.807) is 11.8 Å². The predicted octanol–water partition coefficient (Wildman–Crippen LogP) is 7.32. The zero-order chi connectivity index (χ0) is 17.6. The molecular weight excluding hydrogens is 352 g/mol. The van der Waals surface area contributed by atoms with Gasteiger partial charge in [0.05, 0.1) is 0 Å². The summed E-state index contributed by atoms with van der Waals surface area (Å²) >= 11 is 1.81. The number of rotatable bonds is 5. The van der Waals surface area contributed by atoms with Crippen LogP contribution in [0.3, 0.4) is 0 Å². The molecule has 26 heavy (non-hydrogen) atoms. The molecule has 0 radical (unpaired) electrons. The van der Waals surface area contributed by atoms with E-state index in [2.05, 4.69) is 115 Å². The van der Waals surface area contributed by atoms with Crippen molar-refractivity contribution in [3.63, 3.8) is 0 Å². The van der Waals surface area contributed by atoms with Crippen LogP contribution in [0.2, 0.25) is 0 Å². The van der Waals surface area contributed by atoms with E-state index >= 15 is 0 Å². The molecule has 4 rings (SSSR count). The summed E-state index contributed by atoms with van der Waals surface area (Å²) in [5, 5.41) is 0. The van der Waals surface area contributed by atoms with Crippen LogP contribution in [0.15, 0.2) is 140 Å². The van der Waals surface area contributed by atoms with Gasteiger partial charge in [-0.2, -0.15) is 10.9 Å². The van der Waals surface area contributed by atoms with Gasteiger partial charge in [0.15, 0.2) is 0 Å². The van der Waals surface area contributed by atoms with Gasteiger partial charge in [0, 0.05) is 9.79 Å². The van der Waals surface area contributed by atoms with Crippen molar-refractivity contribution in [2.45, 2.75) is 24.5 Å². The SMILES string of the molecule is c1ccc(Sc2ccc([SH](c3ccccc3)c3ccccc3)cc2)cc1. The largest absolute Gasteiger partial charge is 0.173 e. The summed E-state index contributed by atoms with van der Waals surface area (Å²) in [5.41, 5.74) is 0. The number of benzene rings is 4. The fraction of sp³-hybridized carbons (Fsp3) is 0. The van der Waals surface area contributed by atoms with E-state index in [-0.39, 0.29) is 0 Å². The summed E-state index contributed by atoms with van der Waals surface area (Å²) in [4.78, 5) is 6.70. The number of hydrogen-bond acceptors (Lipinski definition) is 1. The second-order valence-corrected chi connectivity index (χ2v) is 9.28. The first-order valence-corrected chi connectivity index (χ1v) is 10.8. The lowest BCUT2D eigenvalue weighted by Gasteiger charge is -2.23. The van der Waals surface area contributed by atoms with Crippen molar-refractivity contribution >= 4 is 22.7 Å². The minimum atomic E-state index is -0.527. The molecule has 0 nitrogen and oxygen atoms in total. The molecule has 4 aromatic carbocycles. The highest BCUT2D eigenvalue weighted by atomic mass is 32.2. The van der Waals surface area contributed by atoms with Crippen LogP contribution in [-0.2, 0) is 0 Å². The molecule has 0 aliphatic rings. The first kappa shape index (κ1) is 17.0. The monoisotopic (exact) mass is 372 g/mol. The van der Waals surface area contributed by atoms with Crippen LogP contribution >= 0.6 is 22.7 Å². The van der Waals surface area contributed by atoms with E-state index in [4.69, 9.17) is 0 Å². The summed E-state index contributed by atoms with van der Waals surface area (Å²) in [6, 6.07) is 41.3. The molecule has 4 aromatic rings. The second-order valence-electron chi connectivity index (χ2n) is 5.92. The average Bonchev–Trinajstić information content (AvgIpc) is 2.72. The molecule has 128 valence electrons. The van der Waals surface area contributed by atoms with Gasteiger partial charge >= 0.3 is 0 Å². The van der Waals surface area contributed by atoms with Gasteiger partial charge in [0.2, 0.25) is 0 Å².